The molecule has 1 aromatic heterocycles. The molecule has 0 unspecified atom stereocenters. The summed E-state index contributed by atoms with van der Waals surface area (Å²) in [7, 11) is 0. The van der Waals surface area contributed by atoms with Gasteiger partial charge >= 0.3 is 5.97 Å². The van der Waals surface area contributed by atoms with Crippen LogP contribution < -0.4 is 0 Å². The van der Waals surface area contributed by atoms with E-state index in [1.807, 2.05) is 60.9 Å². The Hall–Kier alpha value is -3.10. The molecule has 3 aromatic rings. The number of ether oxygens (including phenoxy) is 1. The SMILES string of the molecule is CCOC(=O)c1ccc(-n2c(C)cc(/C=C3\SC(=O)N(Cc4ccccc4Br)C3=O)c2C)cc1. The van der Waals surface area contributed by atoms with E-state index < -0.39 is 0 Å². The molecule has 6 nitrogen and oxygen atoms in total. The summed E-state index contributed by atoms with van der Waals surface area (Å²) in [5.74, 6) is -0.650. The summed E-state index contributed by atoms with van der Waals surface area (Å²) in [4.78, 5) is 39.2. The quantitative estimate of drug-likeness (QED) is 0.273. The lowest BCUT2D eigenvalue weighted by molar-refractivity contribution is -0.123. The minimum Gasteiger partial charge on any atom is -0.462 e. The van der Waals surface area contributed by atoms with Gasteiger partial charge in [0.05, 0.1) is 23.6 Å². The summed E-state index contributed by atoms with van der Waals surface area (Å²) < 4.78 is 7.95. The van der Waals surface area contributed by atoms with Gasteiger partial charge in [-0.1, -0.05) is 34.1 Å². The normalized spacial score (nSPS) is 14.8. The number of carbonyl (C=O) groups is 3. The van der Waals surface area contributed by atoms with Crippen LogP contribution in [0.1, 0.15) is 39.8 Å². The van der Waals surface area contributed by atoms with Crippen LogP contribution in [0.4, 0.5) is 4.79 Å². The predicted molar refractivity (Wildman–Crippen MR) is 137 cm³/mol. The summed E-state index contributed by atoms with van der Waals surface area (Å²) in [5, 5.41) is -0.282. The molecule has 174 valence electrons. The minimum absolute atomic E-state index is 0.218. The maximum Gasteiger partial charge on any atom is 0.338 e. The number of aromatic nitrogens is 1. The largest absolute Gasteiger partial charge is 0.462 e. The van der Waals surface area contributed by atoms with Crippen LogP contribution >= 0.6 is 27.7 Å². The number of nitrogens with zero attached hydrogens (tertiary/aromatic N) is 2. The molecule has 0 bridgehead atoms. The van der Waals surface area contributed by atoms with Gasteiger partial charge in [0.2, 0.25) is 0 Å². The van der Waals surface area contributed by atoms with Gasteiger partial charge in [0.25, 0.3) is 11.1 Å². The van der Waals surface area contributed by atoms with Crippen molar-refractivity contribution in [2.45, 2.75) is 27.3 Å². The number of carbonyl (C=O) groups excluding carboxylic acids is 3. The first kappa shape index (κ1) is 24.0. The molecular weight excluding hydrogens is 516 g/mol. The summed E-state index contributed by atoms with van der Waals surface area (Å²) in [6.07, 6.45) is 1.77. The number of esters is 1. The van der Waals surface area contributed by atoms with Crippen molar-refractivity contribution in [1.29, 1.82) is 0 Å². The van der Waals surface area contributed by atoms with Gasteiger partial charge in [-0.3, -0.25) is 14.5 Å². The number of aryl methyl sites for hydroxylation is 1. The summed E-state index contributed by atoms with van der Waals surface area (Å²) in [5.41, 5.74) is 5.02. The zero-order valence-corrected chi connectivity index (χ0v) is 21.4. The van der Waals surface area contributed by atoms with Crippen molar-refractivity contribution in [3.05, 3.63) is 92.1 Å². The summed E-state index contributed by atoms with van der Waals surface area (Å²) >= 11 is 4.43. The molecule has 2 aromatic carbocycles. The molecular formula is C26H23BrN2O4S. The van der Waals surface area contributed by atoms with E-state index in [0.29, 0.717) is 17.1 Å². The number of halogens is 1. The monoisotopic (exact) mass is 538 g/mol. The average Bonchev–Trinajstić information content (AvgIpc) is 3.24. The molecule has 34 heavy (non-hydrogen) atoms. The molecule has 1 aliphatic heterocycles. The molecule has 1 saturated heterocycles. The molecule has 0 N–H and O–H groups in total. The molecule has 0 saturated carbocycles. The van der Waals surface area contributed by atoms with Crippen LogP contribution in [0.5, 0.6) is 0 Å². The highest BCUT2D eigenvalue weighted by atomic mass is 79.9. The average molecular weight is 539 g/mol. The van der Waals surface area contributed by atoms with Gasteiger partial charge in [-0.15, -0.1) is 0 Å². The first-order valence-electron chi connectivity index (χ1n) is 10.8. The van der Waals surface area contributed by atoms with Crippen molar-refractivity contribution in [3.63, 3.8) is 0 Å². The van der Waals surface area contributed by atoms with Gasteiger partial charge in [-0.25, -0.2) is 4.79 Å². The smallest absolute Gasteiger partial charge is 0.338 e. The van der Waals surface area contributed by atoms with E-state index in [0.717, 1.165) is 44.4 Å². The fourth-order valence-electron chi connectivity index (χ4n) is 3.87. The maximum atomic E-state index is 13.0. The van der Waals surface area contributed by atoms with Gasteiger partial charge in [-0.05, 0) is 86.1 Å². The molecule has 2 amide bonds. The number of hydrogen-bond donors (Lipinski definition) is 0. The minimum atomic E-state index is -0.353. The van der Waals surface area contributed by atoms with Gasteiger partial charge in [0.1, 0.15) is 0 Å². The second-order valence-electron chi connectivity index (χ2n) is 7.79. The summed E-state index contributed by atoms with van der Waals surface area (Å²) in [6.45, 7) is 6.25. The molecule has 0 aliphatic carbocycles. The Kier molecular flexibility index (Phi) is 7.09. The Morgan fingerprint density at radius 1 is 1.09 bits per heavy atom. The van der Waals surface area contributed by atoms with E-state index in [9.17, 15) is 14.4 Å². The zero-order chi connectivity index (χ0) is 24.4. The third kappa shape index (κ3) is 4.74. The van der Waals surface area contributed by atoms with E-state index in [2.05, 4.69) is 15.9 Å². The van der Waals surface area contributed by atoms with Crippen LogP contribution in [0.3, 0.4) is 0 Å². The van der Waals surface area contributed by atoms with E-state index >= 15 is 0 Å². The molecule has 4 rings (SSSR count). The van der Waals surface area contributed by atoms with E-state index in [4.69, 9.17) is 4.74 Å². The maximum absolute atomic E-state index is 13.0. The number of thioether (sulfide) groups is 1. The summed E-state index contributed by atoms with van der Waals surface area (Å²) in [6, 6.07) is 16.7. The standard InChI is InChI=1S/C26H23BrN2O4S/c1-4-33-25(31)18-9-11-21(12-10-18)29-16(2)13-20(17(29)3)14-23-24(30)28(26(32)34-23)15-19-7-5-6-8-22(19)27/h5-14H,4,15H2,1-3H3/b23-14-. The van der Waals surface area contributed by atoms with Crippen molar-refractivity contribution in [2.75, 3.05) is 6.61 Å². The highest BCUT2D eigenvalue weighted by molar-refractivity contribution is 9.10. The van der Waals surface area contributed by atoms with Crippen LogP contribution in [0.2, 0.25) is 0 Å². The fourth-order valence-corrected chi connectivity index (χ4v) is 5.11. The third-order valence-corrected chi connectivity index (χ3v) is 7.23. The van der Waals surface area contributed by atoms with Crippen molar-refractivity contribution >= 4 is 50.9 Å². The van der Waals surface area contributed by atoms with Crippen LogP contribution in [-0.2, 0) is 16.1 Å². The molecule has 8 heteroatoms. The van der Waals surface area contributed by atoms with Crippen LogP contribution in [-0.4, -0.2) is 33.2 Å². The van der Waals surface area contributed by atoms with E-state index in [1.54, 1.807) is 25.1 Å². The highest BCUT2D eigenvalue weighted by Gasteiger charge is 2.35. The van der Waals surface area contributed by atoms with Crippen LogP contribution in [0.25, 0.3) is 11.8 Å². The lowest BCUT2D eigenvalue weighted by atomic mass is 10.2. The zero-order valence-electron chi connectivity index (χ0n) is 19.0. The second kappa shape index (κ2) is 10.0. The van der Waals surface area contributed by atoms with Gasteiger partial charge in [0.15, 0.2) is 0 Å². The Morgan fingerprint density at radius 2 is 1.79 bits per heavy atom. The second-order valence-corrected chi connectivity index (χ2v) is 9.64. The first-order chi connectivity index (χ1) is 16.3. The van der Waals surface area contributed by atoms with Crippen LogP contribution in [0.15, 0.2) is 64.0 Å². The molecule has 0 atom stereocenters. The Labute approximate surface area is 210 Å². The number of imide groups is 1. The van der Waals surface area contributed by atoms with E-state index in [1.165, 1.54) is 4.90 Å². The van der Waals surface area contributed by atoms with Crippen molar-refractivity contribution in [1.82, 2.24) is 9.47 Å². The Morgan fingerprint density at radius 3 is 2.47 bits per heavy atom. The molecule has 1 fully saturated rings. The Balaban J connectivity index is 1.59. The lowest BCUT2D eigenvalue weighted by Crippen LogP contribution is -2.27. The molecule has 2 heterocycles. The Bertz CT molecular complexity index is 1310. The van der Waals surface area contributed by atoms with Gasteiger partial charge < -0.3 is 9.30 Å². The van der Waals surface area contributed by atoms with Crippen molar-refractivity contribution in [2.24, 2.45) is 0 Å². The fraction of sp³-hybridized carbons (Fsp3) is 0.192. The lowest BCUT2D eigenvalue weighted by Gasteiger charge is -2.13. The van der Waals surface area contributed by atoms with Crippen molar-refractivity contribution < 1.29 is 19.1 Å². The predicted octanol–water partition coefficient (Wildman–Crippen LogP) is 6.27. The van der Waals surface area contributed by atoms with Crippen LogP contribution in [0, 0.1) is 13.8 Å². The number of benzene rings is 2. The topological polar surface area (TPSA) is 68.6 Å². The molecule has 0 radical (unpaired) electrons. The molecule has 0 spiro atoms. The van der Waals surface area contributed by atoms with Gasteiger partial charge in [-0.2, -0.15) is 0 Å². The number of hydrogen-bond acceptors (Lipinski definition) is 5. The highest BCUT2D eigenvalue weighted by Crippen LogP contribution is 2.35. The first-order valence-corrected chi connectivity index (χ1v) is 12.4. The van der Waals surface area contributed by atoms with Crippen molar-refractivity contribution in [3.8, 4) is 5.69 Å². The van der Waals surface area contributed by atoms with E-state index in [-0.39, 0.29) is 23.7 Å². The molecule has 1 aliphatic rings. The third-order valence-electron chi connectivity index (χ3n) is 5.55. The number of rotatable bonds is 6. The number of amides is 2. The van der Waals surface area contributed by atoms with Gasteiger partial charge in [0, 0.05) is 21.5 Å².